The van der Waals surface area contributed by atoms with Gasteiger partial charge in [0.1, 0.15) is 15.2 Å². The topological polar surface area (TPSA) is 114 Å². The number of hydrogen-bond donors (Lipinski definition) is 2. The van der Waals surface area contributed by atoms with Crippen LogP contribution >= 0.6 is 11.3 Å². The highest BCUT2D eigenvalue weighted by molar-refractivity contribution is 7.94. The molecule has 0 atom stereocenters. The van der Waals surface area contributed by atoms with Crippen molar-refractivity contribution >= 4 is 32.7 Å². The summed E-state index contributed by atoms with van der Waals surface area (Å²) in [6.45, 7) is 0.0709. The Morgan fingerprint density at radius 1 is 1.29 bits per heavy atom. The molecule has 3 N–H and O–H groups in total. The Morgan fingerprint density at radius 2 is 2.00 bits per heavy atom. The van der Waals surface area contributed by atoms with E-state index >= 15 is 0 Å². The molecule has 108 valence electrons. The predicted molar refractivity (Wildman–Crippen MR) is 76.8 cm³/mol. The summed E-state index contributed by atoms with van der Waals surface area (Å²) in [7, 11) is -3.80. The molecule has 0 aliphatic carbocycles. The number of ether oxygens (including phenoxy) is 2. The molecule has 0 fully saturated rings. The SMILES string of the molecule is N#Cc1ccc(S(=O)(=O)Nc2cc3c(cc2N)OCO3)s1. The zero-order valence-electron chi connectivity index (χ0n) is 10.5. The van der Waals surface area contributed by atoms with Crippen LogP contribution in [0.3, 0.4) is 0 Å². The number of nitrogen functional groups attached to an aromatic ring is 1. The molecule has 1 aliphatic rings. The van der Waals surface area contributed by atoms with Crippen molar-refractivity contribution in [1.29, 1.82) is 5.26 Å². The van der Waals surface area contributed by atoms with Crippen LogP contribution in [0.2, 0.25) is 0 Å². The van der Waals surface area contributed by atoms with Gasteiger partial charge in [0.2, 0.25) is 6.79 Å². The molecule has 7 nitrogen and oxygen atoms in total. The molecule has 1 aromatic heterocycles. The number of thiophene rings is 1. The molecular weight excluding hydrogens is 314 g/mol. The molecule has 0 spiro atoms. The molecule has 0 saturated heterocycles. The van der Waals surface area contributed by atoms with Crippen LogP contribution in [0.4, 0.5) is 11.4 Å². The number of nitrogens with one attached hydrogen (secondary N) is 1. The number of nitrogens with two attached hydrogens (primary N) is 1. The van der Waals surface area contributed by atoms with Crippen LogP contribution in [-0.2, 0) is 10.0 Å². The first-order valence-corrected chi connectivity index (χ1v) is 8.01. The molecule has 1 aromatic carbocycles. The number of fused-ring (bicyclic) bond motifs is 1. The van der Waals surface area contributed by atoms with Gasteiger partial charge in [-0.15, -0.1) is 11.3 Å². The van der Waals surface area contributed by atoms with Gasteiger partial charge in [0.05, 0.1) is 11.4 Å². The van der Waals surface area contributed by atoms with E-state index in [0.29, 0.717) is 16.4 Å². The second kappa shape index (κ2) is 4.83. The number of rotatable bonds is 3. The molecule has 21 heavy (non-hydrogen) atoms. The van der Waals surface area contributed by atoms with Gasteiger partial charge < -0.3 is 15.2 Å². The van der Waals surface area contributed by atoms with Crippen molar-refractivity contribution in [2.45, 2.75) is 4.21 Å². The monoisotopic (exact) mass is 323 g/mol. The maximum absolute atomic E-state index is 12.2. The minimum atomic E-state index is -3.80. The Kier molecular flexibility index (Phi) is 3.12. The van der Waals surface area contributed by atoms with E-state index in [2.05, 4.69) is 4.72 Å². The second-order valence-corrected chi connectivity index (χ2v) is 7.12. The third kappa shape index (κ3) is 2.46. The molecule has 2 heterocycles. The van der Waals surface area contributed by atoms with Crippen LogP contribution in [-0.4, -0.2) is 15.2 Å². The molecule has 3 rings (SSSR count). The second-order valence-electron chi connectivity index (χ2n) is 4.13. The maximum atomic E-state index is 12.2. The third-order valence-corrected chi connectivity index (χ3v) is 5.59. The number of anilines is 2. The van der Waals surface area contributed by atoms with Crippen LogP contribution in [0, 0.1) is 11.3 Å². The number of hydrogen-bond acceptors (Lipinski definition) is 7. The Labute approximate surface area is 124 Å². The molecule has 9 heteroatoms. The Morgan fingerprint density at radius 3 is 2.67 bits per heavy atom. The van der Waals surface area contributed by atoms with E-state index in [4.69, 9.17) is 20.5 Å². The summed E-state index contributed by atoms with van der Waals surface area (Å²) in [6, 6.07) is 7.67. The first-order chi connectivity index (χ1) is 9.99. The van der Waals surface area contributed by atoms with Gasteiger partial charge in [-0.05, 0) is 12.1 Å². The standard InChI is InChI=1S/C12H9N3O4S2/c13-5-7-1-2-12(20-7)21(16,17)15-9-4-11-10(3-8(9)14)18-6-19-11/h1-4,15H,6,14H2. The number of nitriles is 1. The van der Waals surface area contributed by atoms with E-state index in [1.807, 2.05) is 6.07 Å². The van der Waals surface area contributed by atoms with Gasteiger partial charge in [-0.25, -0.2) is 8.42 Å². The molecule has 0 radical (unpaired) electrons. The lowest BCUT2D eigenvalue weighted by atomic mass is 10.2. The average molecular weight is 323 g/mol. The fraction of sp³-hybridized carbons (Fsp3) is 0.0833. The first kappa shape index (κ1) is 13.5. The van der Waals surface area contributed by atoms with Crippen LogP contribution in [0.1, 0.15) is 4.88 Å². The van der Waals surface area contributed by atoms with Crippen molar-refractivity contribution in [3.05, 3.63) is 29.1 Å². The van der Waals surface area contributed by atoms with Crippen molar-refractivity contribution in [2.24, 2.45) is 0 Å². The quantitative estimate of drug-likeness (QED) is 0.831. The predicted octanol–water partition coefficient (Wildman–Crippen LogP) is 1.73. The van der Waals surface area contributed by atoms with E-state index < -0.39 is 10.0 Å². The normalized spacial score (nSPS) is 12.9. The summed E-state index contributed by atoms with van der Waals surface area (Å²) in [6.07, 6.45) is 0. The van der Waals surface area contributed by atoms with E-state index in [1.165, 1.54) is 24.3 Å². The number of sulfonamides is 1. The molecule has 0 saturated carbocycles. The van der Waals surface area contributed by atoms with Crippen LogP contribution in [0.25, 0.3) is 0 Å². The highest BCUT2D eigenvalue weighted by Crippen LogP contribution is 2.39. The summed E-state index contributed by atoms with van der Waals surface area (Å²) < 4.78 is 37.2. The zero-order chi connectivity index (χ0) is 15.0. The molecule has 1 aliphatic heterocycles. The highest BCUT2D eigenvalue weighted by atomic mass is 32.2. The first-order valence-electron chi connectivity index (χ1n) is 5.71. The fourth-order valence-corrected chi connectivity index (χ4v) is 3.95. The van der Waals surface area contributed by atoms with Crippen molar-refractivity contribution in [1.82, 2.24) is 0 Å². The summed E-state index contributed by atoms with van der Waals surface area (Å²) in [4.78, 5) is 0.314. The van der Waals surface area contributed by atoms with Crippen LogP contribution < -0.4 is 19.9 Å². The van der Waals surface area contributed by atoms with E-state index in [-0.39, 0.29) is 22.4 Å². The van der Waals surface area contributed by atoms with Gasteiger partial charge >= 0.3 is 0 Å². The number of nitrogens with zero attached hydrogens (tertiary/aromatic N) is 1. The van der Waals surface area contributed by atoms with Crippen LogP contribution in [0.5, 0.6) is 11.5 Å². The van der Waals surface area contributed by atoms with Gasteiger partial charge in [-0.3, -0.25) is 4.72 Å². The molecule has 0 unspecified atom stereocenters. The lowest BCUT2D eigenvalue weighted by Crippen LogP contribution is -2.12. The Balaban J connectivity index is 1.94. The lowest BCUT2D eigenvalue weighted by Gasteiger charge is -2.10. The van der Waals surface area contributed by atoms with Gasteiger partial charge in [-0.1, -0.05) is 0 Å². The Bertz CT molecular complexity index is 852. The van der Waals surface area contributed by atoms with Crippen molar-refractivity contribution in [2.75, 3.05) is 17.2 Å². The molecule has 0 bridgehead atoms. The average Bonchev–Trinajstić information content (AvgIpc) is 3.07. The molecule has 2 aromatic rings. The molecular formula is C12H9N3O4S2. The molecule has 0 amide bonds. The highest BCUT2D eigenvalue weighted by Gasteiger charge is 2.21. The fourth-order valence-electron chi connectivity index (χ4n) is 1.77. The third-order valence-electron chi connectivity index (χ3n) is 2.75. The van der Waals surface area contributed by atoms with Gasteiger partial charge in [0, 0.05) is 12.1 Å². The lowest BCUT2D eigenvalue weighted by molar-refractivity contribution is 0.174. The zero-order valence-corrected chi connectivity index (χ0v) is 12.1. The minimum absolute atomic E-state index is 0.0381. The van der Waals surface area contributed by atoms with Gasteiger partial charge in [0.25, 0.3) is 10.0 Å². The van der Waals surface area contributed by atoms with E-state index in [1.54, 1.807) is 0 Å². The van der Waals surface area contributed by atoms with Crippen molar-refractivity contribution < 1.29 is 17.9 Å². The smallest absolute Gasteiger partial charge is 0.271 e. The van der Waals surface area contributed by atoms with Crippen molar-refractivity contribution in [3.8, 4) is 17.6 Å². The minimum Gasteiger partial charge on any atom is -0.454 e. The maximum Gasteiger partial charge on any atom is 0.271 e. The largest absolute Gasteiger partial charge is 0.454 e. The summed E-state index contributed by atoms with van der Waals surface area (Å²) in [5, 5.41) is 8.75. The van der Waals surface area contributed by atoms with E-state index in [0.717, 1.165) is 11.3 Å². The summed E-state index contributed by atoms with van der Waals surface area (Å²) >= 11 is 0.882. The van der Waals surface area contributed by atoms with Gasteiger partial charge in [-0.2, -0.15) is 5.26 Å². The van der Waals surface area contributed by atoms with Crippen molar-refractivity contribution in [3.63, 3.8) is 0 Å². The van der Waals surface area contributed by atoms with Crippen LogP contribution in [0.15, 0.2) is 28.5 Å². The van der Waals surface area contributed by atoms with E-state index in [9.17, 15) is 8.42 Å². The number of benzene rings is 1. The summed E-state index contributed by atoms with van der Waals surface area (Å²) in [5.41, 5.74) is 6.22. The summed E-state index contributed by atoms with van der Waals surface area (Å²) in [5.74, 6) is 0.893. The van der Waals surface area contributed by atoms with Gasteiger partial charge in [0.15, 0.2) is 11.5 Å². The Hall–Kier alpha value is -2.44.